The fourth-order valence-corrected chi connectivity index (χ4v) is 3.17. The molecule has 2 aromatic carbocycles. The monoisotopic (exact) mass is 356 g/mol. The molecule has 7 nitrogen and oxygen atoms in total. The fraction of sp³-hybridized carbons (Fsp3) is 0.316. The molecule has 1 aliphatic rings. The molecule has 3 rings (SSSR count). The number of nitro benzene ring substituents is 1. The highest BCUT2D eigenvalue weighted by Gasteiger charge is 2.24. The van der Waals surface area contributed by atoms with Gasteiger partial charge in [0.1, 0.15) is 5.75 Å². The van der Waals surface area contributed by atoms with E-state index in [1.807, 2.05) is 12.1 Å². The molecule has 1 saturated heterocycles. The maximum absolute atomic E-state index is 12.3. The Morgan fingerprint density at radius 1 is 1.15 bits per heavy atom. The average molecular weight is 356 g/mol. The van der Waals surface area contributed by atoms with Gasteiger partial charge in [-0.1, -0.05) is 24.3 Å². The molecule has 1 aliphatic heterocycles. The lowest BCUT2D eigenvalue weighted by atomic mass is 9.89. The van der Waals surface area contributed by atoms with Crippen molar-refractivity contribution < 1.29 is 19.6 Å². The molecular weight excluding hydrogens is 336 g/mol. The molecule has 7 heteroatoms. The van der Waals surface area contributed by atoms with E-state index in [9.17, 15) is 20.0 Å². The summed E-state index contributed by atoms with van der Waals surface area (Å²) in [5.74, 6) is 0.529. The predicted molar refractivity (Wildman–Crippen MR) is 95.3 cm³/mol. The number of para-hydroxylation sites is 2. The molecule has 0 radical (unpaired) electrons. The van der Waals surface area contributed by atoms with Gasteiger partial charge in [-0.25, -0.2) is 0 Å². The van der Waals surface area contributed by atoms with E-state index in [0.29, 0.717) is 19.0 Å². The number of phenols is 1. The Balaban J connectivity index is 1.53. The van der Waals surface area contributed by atoms with Crippen LogP contribution in [0.25, 0.3) is 0 Å². The van der Waals surface area contributed by atoms with Crippen molar-refractivity contribution in [3.8, 4) is 11.5 Å². The van der Waals surface area contributed by atoms with E-state index in [-0.39, 0.29) is 29.7 Å². The van der Waals surface area contributed by atoms with Crippen LogP contribution in [0.5, 0.6) is 11.5 Å². The van der Waals surface area contributed by atoms with Crippen molar-refractivity contribution in [2.75, 3.05) is 19.7 Å². The van der Waals surface area contributed by atoms with Crippen molar-refractivity contribution in [2.24, 2.45) is 0 Å². The summed E-state index contributed by atoms with van der Waals surface area (Å²) in [6.45, 7) is 1.02. The molecule has 2 aromatic rings. The summed E-state index contributed by atoms with van der Waals surface area (Å²) in [7, 11) is 0. The summed E-state index contributed by atoms with van der Waals surface area (Å²) in [4.78, 5) is 24.5. The van der Waals surface area contributed by atoms with Gasteiger partial charge in [0.25, 0.3) is 5.91 Å². The molecule has 1 amide bonds. The molecule has 0 unspecified atom stereocenters. The lowest BCUT2D eigenvalue weighted by molar-refractivity contribution is -0.385. The molecule has 0 atom stereocenters. The molecule has 0 spiro atoms. The number of benzene rings is 2. The van der Waals surface area contributed by atoms with Gasteiger partial charge in [-0.2, -0.15) is 0 Å². The van der Waals surface area contributed by atoms with Gasteiger partial charge < -0.3 is 14.7 Å². The zero-order valence-corrected chi connectivity index (χ0v) is 14.2. The highest BCUT2D eigenvalue weighted by atomic mass is 16.6. The quantitative estimate of drug-likeness (QED) is 0.656. The van der Waals surface area contributed by atoms with Crippen LogP contribution >= 0.6 is 0 Å². The number of carbonyl (C=O) groups is 1. The Kier molecular flexibility index (Phi) is 5.36. The summed E-state index contributed by atoms with van der Waals surface area (Å²) < 4.78 is 5.38. The van der Waals surface area contributed by atoms with E-state index in [0.717, 1.165) is 18.4 Å². The SMILES string of the molecule is O=C(COc1ccccc1[N+](=O)[O-])N1CCC(c2ccc(O)cc2)CC1. The van der Waals surface area contributed by atoms with Gasteiger partial charge in [0, 0.05) is 19.2 Å². The third-order valence-corrected chi connectivity index (χ3v) is 4.63. The van der Waals surface area contributed by atoms with Crippen LogP contribution in [0, 0.1) is 10.1 Å². The van der Waals surface area contributed by atoms with E-state index in [1.165, 1.54) is 12.1 Å². The normalized spacial score (nSPS) is 14.8. The summed E-state index contributed by atoms with van der Waals surface area (Å²) in [5.41, 5.74) is 1.01. The molecule has 1 N–H and O–H groups in total. The minimum Gasteiger partial charge on any atom is -0.508 e. The molecule has 0 aliphatic carbocycles. The van der Waals surface area contributed by atoms with Crippen LogP contribution < -0.4 is 4.74 Å². The van der Waals surface area contributed by atoms with Gasteiger partial charge in [0.15, 0.2) is 12.4 Å². The first kappa shape index (κ1) is 17.7. The number of hydrogen-bond acceptors (Lipinski definition) is 5. The van der Waals surface area contributed by atoms with E-state index in [4.69, 9.17) is 4.74 Å². The first-order valence-electron chi connectivity index (χ1n) is 8.47. The molecule has 26 heavy (non-hydrogen) atoms. The van der Waals surface area contributed by atoms with Crippen LogP contribution in [0.4, 0.5) is 5.69 Å². The Bertz CT molecular complexity index is 783. The third kappa shape index (κ3) is 4.11. The van der Waals surface area contributed by atoms with E-state index < -0.39 is 4.92 Å². The first-order valence-corrected chi connectivity index (χ1v) is 8.47. The van der Waals surface area contributed by atoms with Crippen LogP contribution in [0.2, 0.25) is 0 Å². The van der Waals surface area contributed by atoms with Crippen molar-refractivity contribution in [3.05, 3.63) is 64.2 Å². The number of ether oxygens (including phenoxy) is 1. The van der Waals surface area contributed by atoms with Gasteiger partial charge >= 0.3 is 5.69 Å². The first-order chi connectivity index (χ1) is 12.5. The van der Waals surface area contributed by atoms with Crippen molar-refractivity contribution >= 4 is 11.6 Å². The number of phenolic OH excluding ortho intramolecular Hbond substituents is 1. The van der Waals surface area contributed by atoms with Crippen LogP contribution in [-0.4, -0.2) is 40.5 Å². The fourth-order valence-electron chi connectivity index (χ4n) is 3.17. The summed E-state index contributed by atoms with van der Waals surface area (Å²) in [5, 5.41) is 20.3. The molecule has 1 heterocycles. The number of likely N-dealkylation sites (tertiary alicyclic amines) is 1. The highest BCUT2D eigenvalue weighted by molar-refractivity contribution is 5.78. The van der Waals surface area contributed by atoms with E-state index >= 15 is 0 Å². The van der Waals surface area contributed by atoms with Crippen molar-refractivity contribution in [1.82, 2.24) is 4.90 Å². The Hall–Kier alpha value is -3.09. The third-order valence-electron chi connectivity index (χ3n) is 4.63. The lowest BCUT2D eigenvalue weighted by Gasteiger charge is -2.32. The standard InChI is InChI=1S/C19H20N2O5/c22-16-7-5-14(6-8-16)15-9-11-20(12-10-15)19(23)13-26-18-4-2-1-3-17(18)21(24)25/h1-8,15,22H,9-13H2. The number of aromatic hydroxyl groups is 1. The Labute approximate surface area is 151 Å². The van der Waals surface area contributed by atoms with E-state index in [1.54, 1.807) is 29.2 Å². The Morgan fingerprint density at radius 2 is 1.81 bits per heavy atom. The number of rotatable bonds is 5. The van der Waals surface area contributed by atoms with Gasteiger partial charge in [-0.15, -0.1) is 0 Å². The molecule has 0 saturated carbocycles. The maximum atomic E-state index is 12.3. The maximum Gasteiger partial charge on any atom is 0.310 e. The molecule has 136 valence electrons. The van der Waals surface area contributed by atoms with Crippen molar-refractivity contribution in [3.63, 3.8) is 0 Å². The van der Waals surface area contributed by atoms with E-state index in [2.05, 4.69) is 0 Å². The topological polar surface area (TPSA) is 92.9 Å². The Morgan fingerprint density at radius 3 is 2.46 bits per heavy atom. The molecule has 1 fully saturated rings. The van der Waals surface area contributed by atoms with Crippen LogP contribution in [0.3, 0.4) is 0 Å². The van der Waals surface area contributed by atoms with Gasteiger partial charge in [-0.3, -0.25) is 14.9 Å². The number of amides is 1. The molecular formula is C19H20N2O5. The highest BCUT2D eigenvalue weighted by Crippen LogP contribution is 2.29. The second-order valence-corrected chi connectivity index (χ2v) is 6.26. The second kappa shape index (κ2) is 7.86. The van der Waals surface area contributed by atoms with Crippen LogP contribution in [0.15, 0.2) is 48.5 Å². The largest absolute Gasteiger partial charge is 0.508 e. The number of nitro groups is 1. The minimum absolute atomic E-state index is 0.102. The molecule has 0 bridgehead atoms. The number of hydrogen-bond donors (Lipinski definition) is 1. The zero-order chi connectivity index (χ0) is 18.5. The summed E-state index contributed by atoms with van der Waals surface area (Å²) >= 11 is 0. The van der Waals surface area contributed by atoms with Crippen LogP contribution in [0.1, 0.15) is 24.3 Å². The van der Waals surface area contributed by atoms with Crippen molar-refractivity contribution in [2.45, 2.75) is 18.8 Å². The number of piperidine rings is 1. The van der Waals surface area contributed by atoms with Crippen molar-refractivity contribution in [1.29, 1.82) is 0 Å². The molecule has 0 aromatic heterocycles. The van der Waals surface area contributed by atoms with Gasteiger partial charge in [0.2, 0.25) is 0 Å². The number of nitrogens with zero attached hydrogens (tertiary/aromatic N) is 2. The van der Waals surface area contributed by atoms with Gasteiger partial charge in [-0.05, 0) is 42.5 Å². The number of carbonyl (C=O) groups excluding carboxylic acids is 1. The minimum atomic E-state index is -0.525. The van der Waals surface area contributed by atoms with Gasteiger partial charge in [0.05, 0.1) is 4.92 Å². The van der Waals surface area contributed by atoms with Crippen LogP contribution in [-0.2, 0) is 4.79 Å². The second-order valence-electron chi connectivity index (χ2n) is 6.26. The average Bonchev–Trinajstić information content (AvgIpc) is 2.67. The predicted octanol–water partition coefficient (Wildman–Crippen LogP) is 3.09. The summed E-state index contributed by atoms with van der Waals surface area (Å²) in [6, 6.07) is 13.2. The summed E-state index contributed by atoms with van der Waals surface area (Å²) in [6.07, 6.45) is 1.67. The smallest absolute Gasteiger partial charge is 0.310 e. The zero-order valence-electron chi connectivity index (χ0n) is 14.2. The lowest BCUT2D eigenvalue weighted by Crippen LogP contribution is -2.40.